The molecule has 0 saturated heterocycles. The summed E-state index contributed by atoms with van der Waals surface area (Å²) in [6.45, 7) is 6.24. The van der Waals surface area contributed by atoms with Crippen molar-refractivity contribution < 1.29 is 9.90 Å². The summed E-state index contributed by atoms with van der Waals surface area (Å²) in [5, 5.41) is 8.72. The van der Waals surface area contributed by atoms with E-state index in [2.05, 4.69) is 30.7 Å². The average molecular weight is 194 g/mol. The van der Waals surface area contributed by atoms with E-state index in [1.165, 1.54) is 12.4 Å². The van der Waals surface area contributed by atoms with Gasteiger partial charge >= 0.3 is 5.97 Å². The Balaban J connectivity index is 2.89. The van der Waals surface area contributed by atoms with Crippen LogP contribution in [0, 0.1) is 5.41 Å². The zero-order valence-corrected chi connectivity index (χ0v) is 8.61. The summed E-state index contributed by atoms with van der Waals surface area (Å²) in [6.07, 6.45) is 2.04. The van der Waals surface area contributed by atoms with E-state index in [1.807, 2.05) is 0 Å². The van der Waals surface area contributed by atoms with E-state index >= 15 is 0 Å². The van der Waals surface area contributed by atoms with E-state index in [4.69, 9.17) is 5.11 Å². The third-order valence-corrected chi connectivity index (χ3v) is 1.65. The van der Waals surface area contributed by atoms with Crippen molar-refractivity contribution in [2.45, 2.75) is 27.2 Å². The van der Waals surface area contributed by atoms with Gasteiger partial charge in [0.2, 0.25) is 0 Å². The van der Waals surface area contributed by atoms with Gasteiger partial charge in [0.1, 0.15) is 6.33 Å². The highest BCUT2D eigenvalue weighted by atomic mass is 16.4. The predicted octanol–water partition coefficient (Wildman–Crippen LogP) is 1.76. The van der Waals surface area contributed by atoms with Gasteiger partial charge in [-0.1, -0.05) is 20.8 Å². The first-order valence-electron chi connectivity index (χ1n) is 4.43. The Hall–Kier alpha value is -1.45. The molecule has 0 aliphatic carbocycles. The SMILES string of the molecule is CC(C)(C)Cc1cc(C(=O)O)ncn1. The first-order chi connectivity index (χ1) is 6.38. The van der Waals surface area contributed by atoms with Gasteiger partial charge in [0.15, 0.2) is 5.69 Å². The van der Waals surface area contributed by atoms with Gasteiger partial charge in [-0.25, -0.2) is 14.8 Å². The van der Waals surface area contributed by atoms with Gasteiger partial charge in [-0.05, 0) is 17.9 Å². The number of nitrogens with zero attached hydrogens (tertiary/aromatic N) is 2. The molecule has 1 N–H and O–H groups in total. The molecule has 1 aromatic heterocycles. The van der Waals surface area contributed by atoms with Crippen LogP contribution < -0.4 is 0 Å². The Morgan fingerprint density at radius 1 is 1.43 bits per heavy atom. The number of hydrogen-bond acceptors (Lipinski definition) is 3. The molecule has 1 rings (SSSR count). The molecule has 0 spiro atoms. The van der Waals surface area contributed by atoms with Gasteiger partial charge < -0.3 is 5.11 Å². The first-order valence-corrected chi connectivity index (χ1v) is 4.43. The van der Waals surface area contributed by atoms with Crippen LogP contribution in [0.15, 0.2) is 12.4 Å². The fourth-order valence-electron chi connectivity index (χ4n) is 1.15. The zero-order chi connectivity index (χ0) is 10.8. The van der Waals surface area contributed by atoms with Crippen molar-refractivity contribution in [3.63, 3.8) is 0 Å². The molecule has 0 unspecified atom stereocenters. The van der Waals surface area contributed by atoms with Gasteiger partial charge in [0, 0.05) is 5.69 Å². The van der Waals surface area contributed by atoms with E-state index in [1.54, 1.807) is 0 Å². The summed E-state index contributed by atoms with van der Waals surface area (Å²) in [6, 6.07) is 1.52. The summed E-state index contributed by atoms with van der Waals surface area (Å²) in [4.78, 5) is 18.3. The lowest BCUT2D eigenvalue weighted by atomic mass is 9.90. The minimum absolute atomic E-state index is 0.0549. The van der Waals surface area contributed by atoms with Crippen LogP contribution >= 0.6 is 0 Å². The van der Waals surface area contributed by atoms with Crippen LogP contribution in [0.1, 0.15) is 37.0 Å². The van der Waals surface area contributed by atoms with Crippen LogP contribution in [0.2, 0.25) is 0 Å². The van der Waals surface area contributed by atoms with Gasteiger partial charge in [0.25, 0.3) is 0 Å². The summed E-state index contributed by atoms with van der Waals surface area (Å²) < 4.78 is 0. The van der Waals surface area contributed by atoms with E-state index in [-0.39, 0.29) is 11.1 Å². The molecular weight excluding hydrogens is 180 g/mol. The summed E-state index contributed by atoms with van der Waals surface area (Å²) in [5.41, 5.74) is 0.925. The second-order valence-corrected chi connectivity index (χ2v) is 4.44. The highest BCUT2D eigenvalue weighted by Gasteiger charge is 2.14. The molecule has 0 saturated carbocycles. The van der Waals surface area contributed by atoms with Crippen LogP contribution in [0.3, 0.4) is 0 Å². The molecule has 4 nitrogen and oxygen atoms in total. The lowest BCUT2D eigenvalue weighted by molar-refractivity contribution is 0.0690. The Morgan fingerprint density at radius 2 is 2.07 bits per heavy atom. The minimum atomic E-state index is -1.01. The Labute approximate surface area is 83.0 Å². The fourth-order valence-corrected chi connectivity index (χ4v) is 1.15. The molecule has 0 atom stereocenters. The van der Waals surface area contributed by atoms with E-state index < -0.39 is 5.97 Å². The molecule has 0 aromatic carbocycles. The van der Waals surface area contributed by atoms with Crippen LogP contribution in [-0.4, -0.2) is 21.0 Å². The van der Waals surface area contributed by atoms with Crippen molar-refractivity contribution >= 4 is 5.97 Å². The molecule has 0 fully saturated rings. The number of carboxylic acids is 1. The van der Waals surface area contributed by atoms with Gasteiger partial charge in [-0.2, -0.15) is 0 Å². The fraction of sp³-hybridized carbons (Fsp3) is 0.500. The number of hydrogen-bond donors (Lipinski definition) is 1. The summed E-state index contributed by atoms with van der Waals surface area (Å²) in [7, 11) is 0. The average Bonchev–Trinajstić information content (AvgIpc) is 2.01. The minimum Gasteiger partial charge on any atom is -0.477 e. The molecule has 76 valence electrons. The molecule has 14 heavy (non-hydrogen) atoms. The Kier molecular flexibility index (Phi) is 2.84. The number of aromatic nitrogens is 2. The molecule has 1 aromatic rings. The molecule has 0 aliphatic rings. The first kappa shape index (κ1) is 10.6. The van der Waals surface area contributed by atoms with E-state index in [9.17, 15) is 4.79 Å². The zero-order valence-electron chi connectivity index (χ0n) is 8.61. The third-order valence-electron chi connectivity index (χ3n) is 1.65. The van der Waals surface area contributed by atoms with Crippen molar-refractivity contribution in [3.8, 4) is 0 Å². The maximum atomic E-state index is 10.6. The van der Waals surface area contributed by atoms with Crippen molar-refractivity contribution in [2.24, 2.45) is 5.41 Å². The molecule has 0 amide bonds. The van der Waals surface area contributed by atoms with Crippen molar-refractivity contribution in [1.82, 2.24) is 9.97 Å². The molecular formula is C10H14N2O2. The maximum Gasteiger partial charge on any atom is 0.354 e. The van der Waals surface area contributed by atoms with Crippen LogP contribution in [-0.2, 0) is 6.42 Å². The van der Waals surface area contributed by atoms with Crippen molar-refractivity contribution in [3.05, 3.63) is 23.8 Å². The lowest BCUT2D eigenvalue weighted by Crippen LogP contribution is -2.12. The second-order valence-electron chi connectivity index (χ2n) is 4.44. The number of carboxylic acid groups (broad SMARTS) is 1. The standard InChI is InChI=1S/C10H14N2O2/c1-10(2,3)5-7-4-8(9(13)14)12-6-11-7/h4,6H,5H2,1-3H3,(H,13,14). The van der Waals surface area contributed by atoms with Crippen LogP contribution in [0.5, 0.6) is 0 Å². The lowest BCUT2D eigenvalue weighted by Gasteiger charge is -2.16. The topological polar surface area (TPSA) is 63.1 Å². The van der Waals surface area contributed by atoms with Gasteiger partial charge in [-0.3, -0.25) is 0 Å². The predicted molar refractivity (Wildman–Crippen MR) is 52.2 cm³/mol. The van der Waals surface area contributed by atoms with E-state index in [0.717, 1.165) is 12.1 Å². The molecule has 0 aliphatic heterocycles. The molecule has 0 bridgehead atoms. The number of aromatic carboxylic acids is 1. The van der Waals surface area contributed by atoms with Gasteiger partial charge in [0.05, 0.1) is 0 Å². The molecule has 0 radical (unpaired) electrons. The summed E-state index contributed by atoms with van der Waals surface area (Å²) >= 11 is 0. The monoisotopic (exact) mass is 194 g/mol. The van der Waals surface area contributed by atoms with Crippen LogP contribution in [0.25, 0.3) is 0 Å². The highest BCUT2D eigenvalue weighted by Crippen LogP contribution is 2.19. The smallest absolute Gasteiger partial charge is 0.354 e. The van der Waals surface area contributed by atoms with Crippen molar-refractivity contribution in [2.75, 3.05) is 0 Å². The number of carbonyl (C=O) groups is 1. The number of rotatable bonds is 2. The van der Waals surface area contributed by atoms with E-state index in [0.29, 0.717) is 0 Å². The van der Waals surface area contributed by atoms with Crippen molar-refractivity contribution in [1.29, 1.82) is 0 Å². The largest absolute Gasteiger partial charge is 0.477 e. The Bertz CT molecular complexity index is 342. The highest BCUT2D eigenvalue weighted by molar-refractivity contribution is 5.85. The van der Waals surface area contributed by atoms with Gasteiger partial charge in [-0.15, -0.1) is 0 Å². The second kappa shape index (κ2) is 3.74. The van der Waals surface area contributed by atoms with Crippen LogP contribution in [0.4, 0.5) is 0 Å². The summed E-state index contributed by atoms with van der Waals surface area (Å²) in [5.74, 6) is -1.01. The normalized spacial score (nSPS) is 11.4. The quantitative estimate of drug-likeness (QED) is 0.779. The Morgan fingerprint density at radius 3 is 2.57 bits per heavy atom. The molecule has 1 heterocycles. The molecule has 4 heteroatoms. The third kappa shape index (κ3) is 3.12. The maximum absolute atomic E-state index is 10.6.